The lowest BCUT2D eigenvalue weighted by Gasteiger charge is -2.11. The summed E-state index contributed by atoms with van der Waals surface area (Å²) in [5, 5.41) is 7.62. The number of thiazole rings is 1. The van der Waals surface area contributed by atoms with Gasteiger partial charge in [-0.25, -0.2) is 4.98 Å². The largest absolute Gasteiger partial charge is 0.481 e. The van der Waals surface area contributed by atoms with E-state index >= 15 is 0 Å². The molecule has 134 valence electrons. The smallest absolute Gasteiger partial charge is 0.191 e. The fourth-order valence-electron chi connectivity index (χ4n) is 2.07. The van der Waals surface area contributed by atoms with Gasteiger partial charge in [-0.2, -0.15) is 0 Å². The molecule has 7 heteroatoms. The van der Waals surface area contributed by atoms with Crippen molar-refractivity contribution in [2.24, 2.45) is 4.99 Å². The zero-order valence-corrected chi connectivity index (χ0v) is 17.6. The van der Waals surface area contributed by atoms with Crippen LogP contribution in [0.5, 0.6) is 5.75 Å². The molecular formula is C18H23IN4OS. The summed E-state index contributed by atoms with van der Waals surface area (Å²) in [5.74, 6) is 4.02. The van der Waals surface area contributed by atoms with Gasteiger partial charge in [-0.1, -0.05) is 18.1 Å². The van der Waals surface area contributed by atoms with Gasteiger partial charge in [-0.05, 0) is 31.0 Å². The maximum Gasteiger partial charge on any atom is 0.191 e. The second-order valence-electron chi connectivity index (χ2n) is 5.10. The van der Waals surface area contributed by atoms with E-state index in [2.05, 4.69) is 33.5 Å². The van der Waals surface area contributed by atoms with E-state index in [1.807, 2.05) is 30.5 Å². The maximum absolute atomic E-state index is 5.36. The lowest BCUT2D eigenvalue weighted by molar-refractivity contribution is 0.370. The molecule has 0 aliphatic heterocycles. The highest BCUT2D eigenvalue weighted by atomic mass is 127. The van der Waals surface area contributed by atoms with E-state index in [-0.39, 0.29) is 24.0 Å². The van der Waals surface area contributed by atoms with Crippen LogP contribution in [0, 0.1) is 19.3 Å². The van der Waals surface area contributed by atoms with Crippen molar-refractivity contribution in [2.75, 3.05) is 20.2 Å². The van der Waals surface area contributed by atoms with Gasteiger partial charge in [0.15, 0.2) is 5.96 Å². The molecule has 2 rings (SSSR count). The molecule has 1 aromatic carbocycles. The van der Waals surface area contributed by atoms with Crippen molar-refractivity contribution in [3.05, 3.63) is 45.9 Å². The van der Waals surface area contributed by atoms with Crippen LogP contribution < -0.4 is 15.4 Å². The van der Waals surface area contributed by atoms with Crippen molar-refractivity contribution in [1.82, 2.24) is 15.6 Å². The minimum absolute atomic E-state index is 0. The molecule has 0 aliphatic carbocycles. The van der Waals surface area contributed by atoms with E-state index in [4.69, 9.17) is 11.2 Å². The van der Waals surface area contributed by atoms with Crippen LogP contribution in [0.1, 0.15) is 15.4 Å². The number of rotatable bonds is 7. The fraction of sp³-hybridized carbons (Fsp3) is 0.333. The Kier molecular flexibility index (Phi) is 9.96. The standard InChI is InChI=1S/C18H22N4OS.HI/c1-4-11-23-16-7-5-15(6-8-16)9-10-20-18(19-3)22-13-17-21-12-14(2)24-17;/h1,5-8,12H,9-11,13H2,2-3H3,(H2,19,20,22);1H. The number of terminal acetylenes is 1. The Labute approximate surface area is 170 Å². The molecule has 0 fully saturated rings. The highest BCUT2D eigenvalue weighted by Crippen LogP contribution is 2.12. The highest BCUT2D eigenvalue weighted by molar-refractivity contribution is 14.0. The van der Waals surface area contributed by atoms with Crippen molar-refractivity contribution < 1.29 is 4.74 Å². The molecule has 0 bridgehead atoms. The normalized spacial score (nSPS) is 10.5. The van der Waals surface area contributed by atoms with E-state index in [1.54, 1.807) is 18.4 Å². The monoisotopic (exact) mass is 470 g/mol. The molecule has 0 saturated heterocycles. The summed E-state index contributed by atoms with van der Waals surface area (Å²) in [6.07, 6.45) is 7.95. The van der Waals surface area contributed by atoms with Crippen molar-refractivity contribution in [3.8, 4) is 18.1 Å². The molecule has 1 heterocycles. The number of aryl methyl sites for hydroxylation is 1. The van der Waals surface area contributed by atoms with E-state index in [0.29, 0.717) is 13.2 Å². The lowest BCUT2D eigenvalue weighted by Crippen LogP contribution is -2.37. The predicted molar refractivity (Wildman–Crippen MR) is 115 cm³/mol. The predicted octanol–water partition coefficient (Wildman–Crippen LogP) is 2.99. The zero-order valence-electron chi connectivity index (χ0n) is 14.4. The Bertz CT molecular complexity index is 707. The first kappa shape index (κ1) is 21.3. The maximum atomic E-state index is 5.36. The first-order chi connectivity index (χ1) is 11.7. The Morgan fingerprint density at radius 2 is 2.08 bits per heavy atom. The van der Waals surface area contributed by atoms with Gasteiger partial charge in [0.05, 0.1) is 6.54 Å². The van der Waals surface area contributed by atoms with Crippen LogP contribution in [0.4, 0.5) is 0 Å². The number of nitrogens with zero attached hydrogens (tertiary/aromatic N) is 2. The number of benzene rings is 1. The molecule has 0 radical (unpaired) electrons. The van der Waals surface area contributed by atoms with Crippen LogP contribution in [0.15, 0.2) is 35.5 Å². The average molecular weight is 470 g/mol. The first-order valence-electron chi connectivity index (χ1n) is 7.72. The van der Waals surface area contributed by atoms with Gasteiger partial charge in [0, 0.05) is 24.7 Å². The molecule has 2 aromatic rings. The van der Waals surface area contributed by atoms with Gasteiger partial charge in [0.25, 0.3) is 0 Å². The Hall–Kier alpha value is -1.79. The van der Waals surface area contributed by atoms with Crippen molar-refractivity contribution in [2.45, 2.75) is 19.9 Å². The van der Waals surface area contributed by atoms with Gasteiger partial charge < -0.3 is 15.4 Å². The number of aromatic nitrogens is 1. The van der Waals surface area contributed by atoms with E-state index < -0.39 is 0 Å². The number of guanidine groups is 1. The molecule has 25 heavy (non-hydrogen) atoms. The second-order valence-corrected chi connectivity index (χ2v) is 6.42. The summed E-state index contributed by atoms with van der Waals surface area (Å²) in [6, 6.07) is 7.96. The zero-order chi connectivity index (χ0) is 17.2. The molecule has 0 saturated carbocycles. The van der Waals surface area contributed by atoms with Gasteiger partial charge in [0.2, 0.25) is 0 Å². The highest BCUT2D eigenvalue weighted by Gasteiger charge is 2.02. The summed E-state index contributed by atoms with van der Waals surface area (Å²) in [6.45, 7) is 3.82. The van der Waals surface area contributed by atoms with Crippen molar-refractivity contribution in [1.29, 1.82) is 0 Å². The summed E-state index contributed by atoms with van der Waals surface area (Å²) >= 11 is 1.69. The Balaban J connectivity index is 0.00000312. The van der Waals surface area contributed by atoms with Crippen LogP contribution >= 0.6 is 35.3 Å². The van der Waals surface area contributed by atoms with Crippen LogP contribution in [-0.2, 0) is 13.0 Å². The van der Waals surface area contributed by atoms with Crippen LogP contribution in [0.2, 0.25) is 0 Å². The molecule has 5 nitrogen and oxygen atoms in total. The minimum Gasteiger partial charge on any atom is -0.481 e. The van der Waals surface area contributed by atoms with Crippen LogP contribution in [-0.4, -0.2) is 31.1 Å². The lowest BCUT2D eigenvalue weighted by atomic mass is 10.1. The third-order valence-electron chi connectivity index (χ3n) is 3.25. The number of ether oxygens (including phenoxy) is 1. The van der Waals surface area contributed by atoms with Crippen molar-refractivity contribution >= 4 is 41.3 Å². The van der Waals surface area contributed by atoms with Gasteiger partial charge in [-0.3, -0.25) is 4.99 Å². The van der Waals surface area contributed by atoms with Gasteiger partial charge in [-0.15, -0.1) is 41.7 Å². The number of nitrogens with one attached hydrogen (secondary N) is 2. The SMILES string of the molecule is C#CCOc1ccc(CCNC(=NC)NCc2ncc(C)s2)cc1.I. The number of halogens is 1. The Morgan fingerprint density at radius 1 is 1.32 bits per heavy atom. The molecule has 0 amide bonds. The summed E-state index contributed by atoms with van der Waals surface area (Å²) < 4.78 is 5.36. The van der Waals surface area contributed by atoms with Crippen LogP contribution in [0.25, 0.3) is 0 Å². The molecule has 0 atom stereocenters. The molecule has 0 unspecified atom stereocenters. The third-order valence-corrected chi connectivity index (χ3v) is 4.16. The van der Waals surface area contributed by atoms with E-state index in [9.17, 15) is 0 Å². The minimum atomic E-state index is 0. The topological polar surface area (TPSA) is 58.5 Å². The third kappa shape index (κ3) is 7.75. The van der Waals surface area contributed by atoms with Gasteiger partial charge >= 0.3 is 0 Å². The van der Waals surface area contributed by atoms with Crippen LogP contribution in [0.3, 0.4) is 0 Å². The van der Waals surface area contributed by atoms with E-state index in [0.717, 1.165) is 29.7 Å². The quantitative estimate of drug-likeness (QED) is 0.283. The first-order valence-corrected chi connectivity index (χ1v) is 8.54. The number of hydrogen-bond donors (Lipinski definition) is 2. The van der Waals surface area contributed by atoms with Gasteiger partial charge in [0.1, 0.15) is 17.4 Å². The molecule has 1 aromatic heterocycles. The summed E-state index contributed by atoms with van der Waals surface area (Å²) in [4.78, 5) is 9.76. The number of aliphatic imine (C=N–C) groups is 1. The number of hydrogen-bond acceptors (Lipinski definition) is 4. The molecule has 2 N–H and O–H groups in total. The average Bonchev–Trinajstić information content (AvgIpc) is 3.02. The summed E-state index contributed by atoms with van der Waals surface area (Å²) in [7, 11) is 1.76. The Morgan fingerprint density at radius 3 is 2.68 bits per heavy atom. The molecule has 0 spiro atoms. The van der Waals surface area contributed by atoms with E-state index in [1.165, 1.54) is 10.4 Å². The molecular weight excluding hydrogens is 447 g/mol. The fourth-order valence-corrected chi connectivity index (χ4v) is 2.79. The van der Waals surface area contributed by atoms with Crippen molar-refractivity contribution in [3.63, 3.8) is 0 Å². The summed E-state index contributed by atoms with van der Waals surface area (Å²) in [5.41, 5.74) is 1.22. The molecule has 0 aliphatic rings. The second kappa shape index (κ2) is 11.7.